The summed E-state index contributed by atoms with van der Waals surface area (Å²) < 4.78 is 27.2. The molecule has 4 N–H and O–H groups in total. The van der Waals surface area contributed by atoms with E-state index in [-0.39, 0.29) is 6.61 Å². The normalized spacial score (nSPS) is 42.0. The van der Waals surface area contributed by atoms with Crippen molar-refractivity contribution >= 4 is 23.0 Å². The molecule has 9 atom stereocenters. The van der Waals surface area contributed by atoms with Gasteiger partial charge in [0, 0.05) is 5.92 Å². The molecule has 30 heavy (non-hydrogen) atoms. The van der Waals surface area contributed by atoms with Gasteiger partial charge in [0.1, 0.15) is 37.1 Å². The van der Waals surface area contributed by atoms with Gasteiger partial charge in [-0.05, 0) is 29.7 Å². The lowest BCUT2D eigenvalue weighted by molar-refractivity contribution is -0.339. The summed E-state index contributed by atoms with van der Waals surface area (Å²) in [6, 6.07) is 0. The quantitative estimate of drug-likeness (QED) is 0.290. The predicted molar refractivity (Wildman–Crippen MR) is 97.6 cm³/mol. The molecule has 4 rings (SSSR count). The van der Waals surface area contributed by atoms with Crippen LogP contribution in [0.4, 0.5) is 4.79 Å². The molecule has 1 aliphatic carbocycles. The van der Waals surface area contributed by atoms with Gasteiger partial charge in [-0.3, -0.25) is 0 Å². The van der Waals surface area contributed by atoms with Crippen molar-refractivity contribution in [2.24, 2.45) is 11.8 Å². The molecule has 0 amide bonds. The summed E-state index contributed by atoms with van der Waals surface area (Å²) in [6.07, 6.45) is -4.47. The highest BCUT2D eigenvalue weighted by molar-refractivity contribution is 8.12. The average Bonchev–Trinajstić information content (AvgIpc) is 3.26. The third-order valence-electron chi connectivity index (χ3n) is 5.65. The van der Waals surface area contributed by atoms with E-state index in [9.17, 15) is 30.0 Å². The van der Waals surface area contributed by atoms with E-state index in [4.69, 9.17) is 23.7 Å². The Morgan fingerprint density at radius 2 is 1.93 bits per heavy atom. The minimum Gasteiger partial charge on any atom is -0.471 e. The van der Waals surface area contributed by atoms with E-state index >= 15 is 0 Å². The van der Waals surface area contributed by atoms with E-state index in [1.807, 2.05) is 0 Å². The monoisotopic (exact) mass is 446 g/mol. The van der Waals surface area contributed by atoms with Crippen molar-refractivity contribution in [2.75, 3.05) is 19.5 Å². The number of hydrogen-bond acceptors (Lipinski definition) is 12. The summed E-state index contributed by atoms with van der Waals surface area (Å²) in [4.78, 5) is 23.6. The SMILES string of the molecule is CSC(=O)OCC1=C[C@@H]2OC(=O)C3=CO[C@@H](O[C@H]4O[C@@H](CO)[C@H](O)[C@@H](O)[C@@H]4O)[C@H]1[C@@H]32. The van der Waals surface area contributed by atoms with Crippen molar-refractivity contribution in [2.45, 2.75) is 43.1 Å². The lowest BCUT2D eigenvalue weighted by atomic mass is 9.84. The number of esters is 1. The maximum Gasteiger partial charge on any atom is 0.367 e. The Labute approximate surface area is 175 Å². The number of ether oxygens (including phenoxy) is 5. The molecule has 0 saturated carbocycles. The standard InChI is InChI=1S/C18H22O11S/c1-30-18(24)26-4-6-2-8-11-7(15(23)27-8)5-25-16(10(6)11)29-17-14(22)13(21)12(20)9(3-19)28-17/h2,5,8-14,16-17,19-22H,3-4H2,1H3/t8-,9-,10+,11-,12-,13+,14-,16-,17+/m0/s1. The summed E-state index contributed by atoms with van der Waals surface area (Å²) >= 11 is 0.910. The van der Waals surface area contributed by atoms with Crippen LogP contribution in [0.3, 0.4) is 0 Å². The Kier molecular flexibility index (Phi) is 6.08. The van der Waals surface area contributed by atoms with Gasteiger partial charge in [-0.1, -0.05) is 0 Å². The zero-order chi connectivity index (χ0) is 21.6. The second-order valence-electron chi connectivity index (χ2n) is 7.32. The first-order valence-electron chi connectivity index (χ1n) is 9.29. The van der Waals surface area contributed by atoms with Crippen LogP contribution in [0.15, 0.2) is 23.5 Å². The Hall–Kier alpha value is -1.67. The molecule has 0 bridgehead atoms. The fourth-order valence-electron chi connectivity index (χ4n) is 4.14. The molecule has 0 aromatic carbocycles. The molecule has 3 aliphatic heterocycles. The maximum absolute atomic E-state index is 12.0. The second-order valence-corrected chi connectivity index (χ2v) is 8.06. The summed E-state index contributed by atoms with van der Waals surface area (Å²) in [5, 5.41) is 39.0. The minimum atomic E-state index is -1.61. The van der Waals surface area contributed by atoms with Crippen molar-refractivity contribution < 1.29 is 53.7 Å². The first kappa shape index (κ1) is 21.6. The van der Waals surface area contributed by atoms with Crippen molar-refractivity contribution in [1.82, 2.24) is 0 Å². The van der Waals surface area contributed by atoms with Gasteiger partial charge in [-0.2, -0.15) is 0 Å². The van der Waals surface area contributed by atoms with Crippen molar-refractivity contribution in [1.29, 1.82) is 0 Å². The fourth-order valence-corrected chi connectivity index (χ4v) is 4.31. The highest BCUT2D eigenvalue weighted by Crippen LogP contribution is 2.49. The van der Waals surface area contributed by atoms with Crippen molar-refractivity contribution in [3.05, 3.63) is 23.5 Å². The molecular formula is C18H22O11S. The van der Waals surface area contributed by atoms with Crippen molar-refractivity contribution in [3.63, 3.8) is 0 Å². The van der Waals surface area contributed by atoms with Gasteiger partial charge in [0.05, 0.1) is 24.4 Å². The molecule has 0 radical (unpaired) electrons. The van der Waals surface area contributed by atoms with Crippen LogP contribution in [0.1, 0.15) is 0 Å². The first-order chi connectivity index (χ1) is 14.3. The second kappa shape index (κ2) is 8.46. The number of rotatable bonds is 5. The predicted octanol–water partition coefficient (Wildman–Crippen LogP) is -1.36. The smallest absolute Gasteiger partial charge is 0.367 e. The molecule has 0 spiro atoms. The van der Waals surface area contributed by atoms with Crippen LogP contribution in [0, 0.1) is 11.8 Å². The zero-order valence-corrected chi connectivity index (χ0v) is 16.6. The van der Waals surface area contributed by atoms with Gasteiger partial charge < -0.3 is 44.1 Å². The number of aliphatic hydroxyl groups excluding tert-OH is 4. The lowest BCUT2D eigenvalue weighted by Gasteiger charge is -2.42. The largest absolute Gasteiger partial charge is 0.471 e. The van der Waals surface area contributed by atoms with Gasteiger partial charge in [0.2, 0.25) is 6.29 Å². The van der Waals surface area contributed by atoms with E-state index in [0.717, 1.165) is 11.8 Å². The molecular weight excluding hydrogens is 424 g/mol. The van der Waals surface area contributed by atoms with E-state index in [1.54, 1.807) is 12.3 Å². The molecule has 0 aromatic heterocycles. The number of carbonyl (C=O) groups excluding carboxylic acids is 2. The van der Waals surface area contributed by atoms with Crippen LogP contribution < -0.4 is 0 Å². The zero-order valence-electron chi connectivity index (χ0n) is 15.8. The number of thioether (sulfide) groups is 1. The maximum atomic E-state index is 12.0. The molecule has 2 fully saturated rings. The summed E-state index contributed by atoms with van der Waals surface area (Å²) in [5.74, 6) is -1.52. The van der Waals surface area contributed by atoms with Crippen molar-refractivity contribution in [3.8, 4) is 0 Å². The minimum absolute atomic E-state index is 0.0694. The van der Waals surface area contributed by atoms with Gasteiger partial charge in [-0.15, -0.1) is 0 Å². The number of carbonyl (C=O) groups is 2. The van der Waals surface area contributed by atoms with E-state index < -0.39 is 72.8 Å². The molecule has 166 valence electrons. The van der Waals surface area contributed by atoms with Crippen LogP contribution in [0.2, 0.25) is 0 Å². The fraction of sp³-hybridized carbons (Fsp3) is 0.667. The van der Waals surface area contributed by atoms with Crippen LogP contribution in [0.5, 0.6) is 0 Å². The van der Waals surface area contributed by atoms with Gasteiger partial charge in [0.15, 0.2) is 6.29 Å². The Morgan fingerprint density at radius 1 is 1.17 bits per heavy atom. The Bertz CT molecular complexity index is 765. The highest BCUT2D eigenvalue weighted by atomic mass is 32.2. The highest BCUT2D eigenvalue weighted by Gasteiger charge is 2.56. The van der Waals surface area contributed by atoms with Crippen LogP contribution >= 0.6 is 11.8 Å². The molecule has 11 nitrogen and oxygen atoms in total. The molecule has 12 heteroatoms. The Morgan fingerprint density at radius 3 is 2.63 bits per heavy atom. The summed E-state index contributed by atoms with van der Waals surface area (Å²) in [5.41, 5.74) is 0.932. The average molecular weight is 446 g/mol. The number of aliphatic hydroxyl groups is 4. The van der Waals surface area contributed by atoms with E-state index in [1.165, 1.54) is 6.26 Å². The Balaban J connectivity index is 1.54. The van der Waals surface area contributed by atoms with Crippen LogP contribution in [-0.2, 0) is 28.5 Å². The third-order valence-corrected chi connectivity index (χ3v) is 6.10. The molecule has 0 unspecified atom stereocenters. The topological polar surface area (TPSA) is 161 Å². The third kappa shape index (κ3) is 3.62. The number of hydrogen-bond donors (Lipinski definition) is 4. The molecule has 0 aromatic rings. The van der Waals surface area contributed by atoms with Crippen LogP contribution in [-0.4, -0.2) is 94.3 Å². The van der Waals surface area contributed by atoms with Gasteiger partial charge >= 0.3 is 11.3 Å². The van der Waals surface area contributed by atoms with E-state index in [2.05, 4.69) is 0 Å². The summed E-state index contributed by atoms with van der Waals surface area (Å²) in [7, 11) is 0. The molecule has 3 heterocycles. The molecule has 4 aliphatic rings. The van der Waals surface area contributed by atoms with Gasteiger partial charge in [0.25, 0.3) is 0 Å². The van der Waals surface area contributed by atoms with Crippen LogP contribution in [0.25, 0.3) is 0 Å². The first-order valence-corrected chi connectivity index (χ1v) is 10.5. The van der Waals surface area contributed by atoms with Gasteiger partial charge in [-0.25, -0.2) is 9.59 Å². The lowest BCUT2D eigenvalue weighted by Crippen LogP contribution is -2.60. The van der Waals surface area contributed by atoms with E-state index in [0.29, 0.717) is 11.1 Å². The molecule has 2 saturated heterocycles. The summed E-state index contributed by atoms with van der Waals surface area (Å²) in [6.45, 7) is -0.674.